The first-order chi connectivity index (χ1) is 11.8. The van der Waals surface area contributed by atoms with Gasteiger partial charge in [0.05, 0.1) is 12.3 Å². The van der Waals surface area contributed by atoms with E-state index in [9.17, 15) is 18.0 Å². The molecule has 0 bridgehead atoms. The van der Waals surface area contributed by atoms with Gasteiger partial charge in [0.1, 0.15) is 11.6 Å². The molecule has 0 unspecified atom stereocenters. The van der Waals surface area contributed by atoms with Gasteiger partial charge in [-0.2, -0.15) is 18.3 Å². The summed E-state index contributed by atoms with van der Waals surface area (Å²) in [6.45, 7) is 3.72. The van der Waals surface area contributed by atoms with Gasteiger partial charge in [0.25, 0.3) is 5.91 Å². The van der Waals surface area contributed by atoms with Gasteiger partial charge in [0, 0.05) is 18.5 Å². The summed E-state index contributed by atoms with van der Waals surface area (Å²) >= 11 is 0. The monoisotopic (exact) mass is 356 g/mol. The molecule has 3 heterocycles. The Bertz CT molecular complexity index is 739. The van der Waals surface area contributed by atoms with Crippen LogP contribution in [0.3, 0.4) is 0 Å². The largest absolute Gasteiger partial charge is 0.467 e. The number of furan rings is 1. The average molecular weight is 356 g/mol. The third-order valence-electron chi connectivity index (χ3n) is 4.30. The molecule has 0 spiro atoms. The molecule has 0 aliphatic carbocycles. The summed E-state index contributed by atoms with van der Waals surface area (Å²) in [6.07, 6.45) is -2.63. The summed E-state index contributed by atoms with van der Waals surface area (Å²) < 4.78 is 46.5. The molecule has 3 atom stereocenters. The van der Waals surface area contributed by atoms with Crippen LogP contribution in [0.1, 0.15) is 55.0 Å². The van der Waals surface area contributed by atoms with Crippen LogP contribution in [0.15, 0.2) is 28.9 Å². The topological polar surface area (TPSA) is 72.1 Å². The van der Waals surface area contributed by atoms with Crippen LogP contribution in [0.5, 0.6) is 0 Å². The number of alkyl halides is 3. The van der Waals surface area contributed by atoms with Gasteiger partial charge in [0.15, 0.2) is 11.7 Å². The minimum Gasteiger partial charge on any atom is -0.467 e. The van der Waals surface area contributed by atoms with Gasteiger partial charge in [-0.3, -0.25) is 4.79 Å². The Morgan fingerprint density at radius 3 is 2.92 bits per heavy atom. The molecule has 9 heteroatoms. The molecule has 1 amide bonds. The van der Waals surface area contributed by atoms with E-state index in [2.05, 4.69) is 15.7 Å². The van der Waals surface area contributed by atoms with Crippen LogP contribution in [0, 0.1) is 0 Å². The highest BCUT2D eigenvalue weighted by atomic mass is 19.4. The van der Waals surface area contributed by atoms with Gasteiger partial charge < -0.3 is 15.1 Å². The van der Waals surface area contributed by atoms with E-state index in [1.54, 1.807) is 12.1 Å². The normalized spacial score (nSPS) is 21.3. The number of nitrogens with zero attached hydrogens (tertiary/aromatic N) is 2. The second-order valence-electron chi connectivity index (χ2n) is 6.15. The molecule has 0 aromatic carbocycles. The molecule has 1 aliphatic heterocycles. The molecular weight excluding hydrogens is 337 g/mol. The second kappa shape index (κ2) is 6.45. The van der Waals surface area contributed by atoms with E-state index in [4.69, 9.17) is 4.42 Å². The fourth-order valence-electron chi connectivity index (χ4n) is 2.76. The van der Waals surface area contributed by atoms with Gasteiger partial charge in [0.2, 0.25) is 0 Å². The van der Waals surface area contributed by atoms with Gasteiger partial charge in [-0.15, -0.1) is 0 Å². The SMILES string of the molecule is CC[C@@H](C)NC(=O)c1cc2n(n1)[C@@H](C(F)(F)F)C[C@H](c1ccco1)N2. The van der Waals surface area contributed by atoms with E-state index in [0.717, 1.165) is 4.68 Å². The molecule has 2 aromatic rings. The minimum atomic E-state index is -4.49. The molecule has 0 saturated carbocycles. The standard InChI is InChI=1S/C16H19F3N4O2/c1-3-9(2)20-15(24)11-8-14-21-10(12-5-4-6-25-12)7-13(16(17,18)19)23(14)22-11/h4-6,8-10,13,21H,3,7H2,1-2H3,(H,20,24)/t9-,10-,13-/m1/s1. The van der Waals surface area contributed by atoms with Crippen molar-refractivity contribution in [3.63, 3.8) is 0 Å². The van der Waals surface area contributed by atoms with Crippen molar-refractivity contribution in [2.24, 2.45) is 0 Å². The molecule has 1 aliphatic rings. The predicted octanol–water partition coefficient (Wildman–Crippen LogP) is 3.66. The molecule has 136 valence electrons. The molecule has 2 N–H and O–H groups in total. The Balaban J connectivity index is 1.92. The lowest BCUT2D eigenvalue weighted by molar-refractivity contribution is -0.174. The third-order valence-corrected chi connectivity index (χ3v) is 4.30. The predicted molar refractivity (Wildman–Crippen MR) is 84.2 cm³/mol. The van der Waals surface area contributed by atoms with Crippen molar-refractivity contribution in [1.82, 2.24) is 15.1 Å². The van der Waals surface area contributed by atoms with Crippen molar-refractivity contribution in [3.8, 4) is 0 Å². The van der Waals surface area contributed by atoms with Crippen LogP contribution in [0.25, 0.3) is 0 Å². The van der Waals surface area contributed by atoms with Crippen molar-refractivity contribution in [1.29, 1.82) is 0 Å². The Morgan fingerprint density at radius 1 is 1.56 bits per heavy atom. The van der Waals surface area contributed by atoms with Crippen LogP contribution in [0.4, 0.5) is 19.0 Å². The number of aromatic nitrogens is 2. The summed E-state index contributed by atoms with van der Waals surface area (Å²) in [5.41, 5.74) is -0.0443. The Morgan fingerprint density at radius 2 is 2.32 bits per heavy atom. The van der Waals surface area contributed by atoms with E-state index in [0.29, 0.717) is 12.2 Å². The summed E-state index contributed by atoms with van der Waals surface area (Å²) in [4.78, 5) is 12.2. The molecular formula is C16H19F3N4O2. The highest BCUT2D eigenvalue weighted by Crippen LogP contribution is 2.43. The van der Waals surface area contributed by atoms with Crippen LogP contribution in [0.2, 0.25) is 0 Å². The molecule has 3 rings (SSSR count). The number of fused-ring (bicyclic) bond motifs is 1. The second-order valence-corrected chi connectivity index (χ2v) is 6.15. The zero-order chi connectivity index (χ0) is 18.2. The van der Waals surface area contributed by atoms with Gasteiger partial charge >= 0.3 is 6.18 Å². The molecule has 2 aromatic heterocycles. The van der Waals surface area contributed by atoms with E-state index < -0.39 is 24.2 Å². The Labute approximate surface area is 142 Å². The number of anilines is 1. The van der Waals surface area contributed by atoms with E-state index >= 15 is 0 Å². The lowest BCUT2D eigenvalue weighted by Crippen LogP contribution is -2.36. The number of rotatable bonds is 4. The third kappa shape index (κ3) is 3.49. The summed E-state index contributed by atoms with van der Waals surface area (Å²) in [5, 5.41) is 9.57. The van der Waals surface area contributed by atoms with E-state index in [1.807, 2.05) is 13.8 Å². The first-order valence-electron chi connectivity index (χ1n) is 8.06. The number of nitrogens with one attached hydrogen (secondary N) is 2. The maximum Gasteiger partial charge on any atom is 0.410 e. The van der Waals surface area contributed by atoms with Crippen molar-refractivity contribution in [2.45, 2.75) is 51.0 Å². The fraction of sp³-hybridized carbons (Fsp3) is 0.500. The van der Waals surface area contributed by atoms with Gasteiger partial charge in [-0.25, -0.2) is 4.68 Å². The van der Waals surface area contributed by atoms with E-state index in [1.165, 1.54) is 12.3 Å². The number of carbonyl (C=O) groups excluding carboxylic acids is 1. The molecule has 0 fully saturated rings. The van der Waals surface area contributed by atoms with Gasteiger partial charge in [-0.1, -0.05) is 6.92 Å². The molecule has 0 saturated heterocycles. The first kappa shape index (κ1) is 17.4. The van der Waals surface area contributed by atoms with Crippen molar-refractivity contribution in [2.75, 3.05) is 5.32 Å². The average Bonchev–Trinajstić information content (AvgIpc) is 3.21. The Kier molecular flexibility index (Phi) is 4.49. The first-order valence-corrected chi connectivity index (χ1v) is 8.06. The van der Waals surface area contributed by atoms with Crippen LogP contribution < -0.4 is 10.6 Å². The lowest BCUT2D eigenvalue weighted by Gasteiger charge is -2.32. The van der Waals surface area contributed by atoms with Crippen molar-refractivity contribution >= 4 is 11.7 Å². The van der Waals surface area contributed by atoms with Gasteiger partial charge in [-0.05, 0) is 25.5 Å². The maximum atomic E-state index is 13.5. The highest BCUT2D eigenvalue weighted by molar-refractivity contribution is 5.93. The molecule has 25 heavy (non-hydrogen) atoms. The smallest absolute Gasteiger partial charge is 0.410 e. The summed E-state index contributed by atoms with van der Waals surface area (Å²) in [6, 6.07) is 2.02. The Hall–Kier alpha value is -2.45. The number of hydrogen-bond acceptors (Lipinski definition) is 4. The molecule has 0 radical (unpaired) electrons. The zero-order valence-electron chi connectivity index (χ0n) is 13.8. The number of halogens is 3. The van der Waals surface area contributed by atoms with Crippen LogP contribution in [-0.2, 0) is 0 Å². The summed E-state index contributed by atoms with van der Waals surface area (Å²) in [5.74, 6) is 0.0603. The van der Waals surface area contributed by atoms with E-state index in [-0.39, 0.29) is 24.0 Å². The number of carbonyl (C=O) groups is 1. The minimum absolute atomic E-state index is 0.0443. The van der Waals surface area contributed by atoms with Crippen molar-refractivity contribution < 1.29 is 22.4 Å². The van der Waals surface area contributed by atoms with Crippen LogP contribution >= 0.6 is 0 Å². The number of amides is 1. The fourth-order valence-corrected chi connectivity index (χ4v) is 2.76. The zero-order valence-corrected chi connectivity index (χ0v) is 13.8. The van der Waals surface area contributed by atoms with Crippen LogP contribution in [-0.4, -0.2) is 27.9 Å². The van der Waals surface area contributed by atoms with Crippen molar-refractivity contribution in [3.05, 3.63) is 35.9 Å². The highest BCUT2D eigenvalue weighted by Gasteiger charge is 2.47. The quantitative estimate of drug-likeness (QED) is 0.877. The lowest BCUT2D eigenvalue weighted by atomic mass is 10.0. The molecule has 6 nitrogen and oxygen atoms in total. The maximum absolute atomic E-state index is 13.5. The number of hydrogen-bond donors (Lipinski definition) is 2. The summed E-state index contributed by atoms with van der Waals surface area (Å²) in [7, 11) is 0.